The number of nitrogens with one attached hydrogen (secondary N) is 1. The molecule has 1 fully saturated rings. The third-order valence-electron chi connectivity index (χ3n) is 6.46. The highest BCUT2D eigenvalue weighted by atomic mass is 19.1. The average Bonchev–Trinajstić information content (AvgIpc) is 2.92. The van der Waals surface area contributed by atoms with Crippen molar-refractivity contribution in [1.82, 2.24) is 20.0 Å². The number of rotatable bonds is 7. The van der Waals surface area contributed by atoms with Crippen molar-refractivity contribution in [3.63, 3.8) is 0 Å². The van der Waals surface area contributed by atoms with Gasteiger partial charge in [-0.15, -0.1) is 0 Å². The second-order valence-corrected chi connectivity index (χ2v) is 8.77. The van der Waals surface area contributed by atoms with E-state index in [4.69, 9.17) is 4.74 Å². The van der Waals surface area contributed by atoms with Gasteiger partial charge >= 0.3 is 0 Å². The molecule has 1 atom stereocenters. The SMILES string of the molecule is O=C(NC[C@H](c1ccc(F)cc1)N1CCOCC1)c1nn(Cc2ccccc2)c(=O)c2ccccc12. The number of carbonyl (C=O) groups excluding carboxylic acids is 1. The number of hydrogen-bond acceptors (Lipinski definition) is 5. The van der Waals surface area contributed by atoms with Crippen molar-refractivity contribution in [2.24, 2.45) is 0 Å². The van der Waals surface area contributed by atoms with E-state index >= 15 is 0 Å². The molecule has 1 aliphatic heterocycles. The van der Waals surface area contributed by atoms with Crippen LogP contribution in [0.2, 0.25) is 0 Å². The third kappa shape index (κ3) is 5.19. The Morgan fingerprint density at radius 3 is 2.33 bits per heavy atom. The summed E-state index contributed by atoms with van der Waals surface area (Å²) < 4.78 is 20.4. The molecule has 0 radical (unpaired) electrons. The molecule has 3 aromatic carbocycles. The maximum absolute atomic E-state index is 13.6. The summed E-state index contributed by atoms with van der Waals surface area (Å²) in [4.78, 5) is 28.8. The molecule has 0 spiro atoms. The van der Waals surface area contributed by atoms with Crippen LogP contribution < -0.4 is 10.9 Å². The van der Waals surface area contributed by atoms with Gasteiger partial charge in [0.15, 0.2) is 5.69 Å². The second kappa shape index (κ2) is 10.8. The van der Waals surface area contributed by atoms with Gasteiger partial charge in [0, 0.05) is 25.0 Å². The zero-order valence-electron chi connectivity index (χ0n) is 19.8. The lowest BCUT2D eigenvalue weighted by atomic mass is 10.0. The Hall–Kier alpha value is -3.88. The molecule has 0 saturated carbocycles. The number of halogens is 1. The second-order valence-electron chi connectivity index (χ2n) is 8.77. The van der Waals surface area contributed by atoms with Crippen molar-refractivity contribution in [2.75, 3.05) is 32.8 Å². The van der Waals surface area contributed by atoms with E-state index in [2.05, 4.69) is 15.3 Å². The van der Waals surface area contributed by atoms with E-state index in [0.717, 1.165) is 11.1 Å². The Labute approximate surface area is 208 Å². The molecule has 1 N–H and O–H groups in total. The molecule has 1 amide bonds. The van der Waals surface area contributed by atoms with Gasteiger partial charge in [0.1, 0.15) is 5.82 Å². The Balaban J connectivity index is 1.44. The monoisotopic (exact) mass is 486 g/mol. The molecule has 7 nitrogen and oxygen atoms in total. The molecule has 5 rings (SSSR count). The number of benzene rings is 3. The zero-order valence-corrected chi connectivity index (χ0v) is 19.8. The van der Waals surface area contributed by atoms with Gasteiger partial charge < -0.3 is 10.1 Å². The normalized spacial score (nSPS) is 15.0. The number of hydrogen-bond donors (Lipinski definition) is 1. The molecule has 4 aromatic rings. The van der Waals surface area contributed by atoms with Gasteiger partial charge in [-0.2, -0.15) is 5.10 Å². The largest absolute Gasteiger partial charge is 0.379 e. The lowest BCUT2D eigenvalue weighted by molar-refractivity contribution is 0.0162. The summed E-state index contributed by atoms with van der Waals surface area (Å²) in [6.07, 6.45) is 0. The van der Waals surface area contributed by atoms with Gasteiger partial charge in [-0.1, -0.05) is 60.7 Å². The smallest absolute Gasteiger partial charge is 0.274 e. The molecule has 2 heterocycles. The maximum Gasteiger partial charge on any atom is 0.274 e. The topological polar surface area (TPSA) is 76.5 Å². The highest BCUT2D eigenvalue weighted by Gasteiger charge is 2.25. The van der Waals surface area contributed by atoms with Gasteiger partial charge in [-0.25, -0.2) is 9.07 Å². The van der Waals surface area contributed by atoms with Crippen LogP contribution in [0.25, 0.3) is 10.8 Å². The van der Waals surface area contributed by atoms with Crippen molar-refractivity contribution in [1.29, 1.82) is 0 Å². The summed E-state index contributed by atoms with van der Waals surface area (Å²) in [5.74, 6) is -0.673. The van der Waals surface area contributed by atoms with Crippen molar-refractivity contribution >= 4 is 16.7 Å². The summed E-state index contributed by atoms with van der Waals surface area (Å²) in [6, 6.07) is 22.8. The van der Waals surface area contributed by atoms with Gasteiger partial charge in [0.2, 0.25) is 0 Å². The molecule has 8 heteroatoms. The summed E-state index contributed by atoms with van der Waals surface area (Å²) in [5.41, 5.74) is 1.77. The van der Waals surface area contributed by atoms with Gasteiger partial charge in [-0.3, -0.25) is 14.5 Å². The summed E-state index contributed by atoms with van der Waals surface area (Å²) in [5, 5.41) is 8.45. The predicted octanol–water partition coefficient (Wildman–Crippen LogP) is 3.39. The average molecular weight is 487 g/mol. The fourth-order valence-corrected chi connectivity index (χ4v) is 4.57. The van der Waals surface area contributed by atoms with Crippen molar-refractivity contribution in [3.8, 4) is 0 Å². The zero-order chi connectivity index (χ0) is 24.9. The fourth-order valence-electron chi connectivity index (χ4n) is 4.57. The summed E-state index contributed by atoms with van der Waals surface area (Å²) in [7, 11) is 0. The Kier molecular flexibility index (Phi) is 7.16. The Bertz CT molecular complexity index is 1400. The van der Waals surface area contributed by atoms with Gasteiger partial charge in [-0.05, 0) is 29.3 Å². The summed E-state index contributed by atoms with van der Waals surface area (Å²) in [6.45, 7) is 3.18. The third-order valence-corrected chi connectivity index (χ3v) is 6.46. The molecular formula is C28H27FN4O3. The van der Waals surface area contributed by atoms with E-state index in [1.54, 1.807) is 36.4 Å². The molecule has 0 aliphatic carbocycles. The van der Waals surface area contributed by atoms with Crippen LogP contribution in [0, 0.1) is 5.82 Å². The first kappa shape index (κ1) is 23.8. The fraction of sp³-hybridized carbons (Fsp3) is 0.250. The molecular weight excluding hydrogens is 459 g/mol. The molecule has 36 heavy (non-hydrogen) atoms. The van der Waals surface area contributed by atoms with E-state index < -0.39 is 0 Å². The standard InChI is InChI=1S/C28H27FN4O3/c29-22-12-10-21(11-13-22)25(32-14-16-36-17-15-32)18-30-27(34)26-23-8-4-5-9-24(23)28(35)33(31-26)19-20-6-2-1-3-7-20/h1-13,25H,14-19H2,(H,30,34)/t25-/m1/s1. The first-order valence-electron chi connectivity index (χ1n) is 12.0. The summed E-state index contributed by atoms with van der Waals surface area (Å²) >= 11 is 0. The minimum atomic E-state index is -0.367. The number of morpholine rings is 1. The molecule has 0 unspecified atom stereocenters. The van der Waals surface area contributed by atoms with Gasteiger partial charge in [0.05, 0.1) is 31.2 Å². The van der Waals surface area contributed by atoms with Crippen LogP contribution >= 0.6 is 0 Å². The van der Waals surface area contributed by atoms with Crippen LogP contribution in [0.15, 0.2) is 83.7 Å². The molecule has 184 valence electrons. The predicted molar refractivity (Wildman–Crippen MR) is 135 cm³/mol. The lowest BCUT2D eigenvalue weighted by Gasteiger charge is -2.35. The van der Waals surface area contributed by atoms with Crippen LogP contribution in [0.3, 0.4) is 0 Å². The van der Waals surface area contributed by atoms with Crippen LogP contribution in [0.1, 0.15) is 27.7 Å². The Morgan fingerprint density at radius 1 is 0.944 bits per heavy atom. The Morgan fingerprint density at radius 2 is 1.61 bits per heavy atom. The number of amides is 1. The minimum Gasteiger partial charge on any atom is -0.379 e. The van der Waals surface area contributed by atoms with E-state index in [0.29, 0.717) is 43.6 Å². The number of carbonyl (C=O) groups is 1. The van der Waals surface area contributed by atoms with Crippen LogP contribution in [-0.4, -0.2) is 53.4 Å². The molecule has 1 aromatic heterocycles. The number of fused-ring (bicyclic) bond motifs is 1. The van der Waals surface area contributed by atoms with Gasteiger partial charge in [0.25, 0.3) is 11.5 Å². The highest BCUT2D eigenvalue weighted by molar-refractivity contribution is 6.04. The lowest BCUT2D eigenvalue weighted by Crippen LogP contribution is -2.44. The first-order valence-corrected chi connectivity index (χ1v) is 12.0. The first-order chi connectivity index (χ1) is 17.6. The van der Waals surface area contributed by atoms with Crippen molar-refractivity contribution in [2.45, 2.75) is 12.6 Å². The highest BCUT2D eigenvalue weighted by Crippen LogP contribution is 2.22. The van der Waals surface area contributed by atoms with E-state index in [-0.39, 0.29) is 35.6 Å². The van der Waals surface area contributed by atoms with E-state index in [1.165, 1.54) is 16.8 Å². The molecule has 1 saturated heterocycles. The number of aromatic nitrogens is 2. The van der Waals surface area contributed by atoms with E-state index in [1.807, 2.05) is 30.3 Å². The van der Waals surface area contributed by atoms with Crippen LogP contribution in [0.5, 0.6) is 0 Å². The quantitative estimate of drug-likeness (QED) is 0.434. The molecule has 0 bridgehead atoms. The van der Waals surface area contributed by atoms with Crippen LogP contribution in [0.4, 0.5) is 4.39 Å². The van der Waals surface area contributed by atoms with Crippen molar-refractivity contribution < 1.29 is 13.9 Å². The van der Waals surface area contributed by atoms with Crippen LogP contribution in [-0.2, 0) is 11.3 Å². The number of ether oxygens (including phenoxy) is 1. The van der Waals surface area contributed by atoms with Crippen molar-refractivity contribution in [3.05, 3.63) is 112 Å². The number of nitrogens with zero attached hydrogens (tertiary/aromatic N) is 3. The van der Waals surface area contributed by atoms with E-state index in [9.17, 15) is 14.0 Å². The molecule has 1 aliphatic rings. The minimum absolute atomic E-state index is 0.153. The maximum atomic E-state index is 13.6.